The first-order chi connectivity index (χ1) is 10.1. The topological polar surface area (TPSA) is 58.4 Å². The molecule has 1 atom stereocenters. The van der Waals surface area contributed by atoms with Gasteiger partial charge in [0.25, 0.3) is 5.69 Å². The van der Waals surface area contributed by atoms with Crippen LogP contribution in [0.15, 0.2) is 18.2 Å². The van der Waals surface area contributed by atoms with E-state index >= 15 is 0 Å². The molecule has 2 aliphatic rings. The summed E-state index contributed by atoms with van der Waals surface area (Å²) in [6.07, 6.45) is 3.35. The Labute approximate surface area is 123 Å². The van der Waals surface area contributed by atoms with E-state index in [2.05, 4.69) is 10.2 Å². The van der Waals surface area contributed by atoms with E-state index in [4.69, 9.17) is 0 Å². The van der Waals surface area contributed by atoms with Crippen molar-refractivity contribution in [3.63, 3.8) is 0 Å². The normalized spacial score (nSPS) is 21.2. The first-order valence-corrected chi connectivity index (χ1v) is 7.54. The summed E-state index contributed by atoms with van der Waals surface area (Å²) in [5, 5.41) is 14.6. The Balaban J connectivity index is 1.92. The average molecular weight is 293 g/mol. The molecule has 5 nitrogen and oxygen atoms in total. The van der Waals surface area contributed by atoms with Crippen molar-refractivity contribution in [1.29, 1.82) is 0 Å². The number of piperazine rings is 1. The van der Waals surface area contributed by atoms with Gasteiger partial charge in [-0.15, -0.1) is 0 Å². The molecule has 1 aliphatic carbocycles. The van der Waals surface area contributed by atoms with Crippen molar-refractivity contribution in [3.05, 3.63) is 39.7 Å². The van der Waals surface area contributed by atoms with Crippen LogP contribution in [0.5, 0.6) is 0 Å². The Bertz CT molecular complexity index is 528. The molecule has 1 N–H and O–H groups in total. The molecule has 0 bridgehead atoms. The van der Waals surface area contributed by atoms with Crippen molar-refractivity contribution < 1.29 is 9.31 Å². The van der Waals surface area contributed by atoms with E-state index in [0.717, 1.165) is 38.7 Å². The van der Waals surface area contributed by atoms with Crippen LogP contribution in [0, 0.1) is 21.8 Å². The number of hydrogen-bond acceptors (Lipinski definition) is 4. The molecule has 114 valence electrons. The van der Waals surface area contributed by atoms with Crippen molar-refractivity contribution in [1.82, 2.24) is 10.2 Å². The molecular formula is C15H20FN3O2. The van der Waals surface area contributed by atoms with Crippen LogP contribution in [0.2, 0.25) is 0 Å². The summed E-state index contributed by atoms with van der Waals surface area (Å²) in [7, 11) is 0. The van der Waals surface area contributed by atoms with Crippen LogP contribution in [0.1, 0.15) is 30.9 Å². The second-order valence-electron chi connectivity index (χ2n) is 5.94. The van der Waals surface area contributed by atoms with Crippen LogP contribution in [-0.4, -0.2) is 36.0 Å². The summed E-state index contributed by atoms with van der Waals surface area (Å²) < 4.78 is 13.4. The van der Waals surface area contributed by atoms with Crippen molar-refractivity contribution in [2.24, 2.45) is 5.92 Å². The Hall–Kier alpha value is -1.53. The SMILES string of the molecule is O=[N+]([O-])c1cc(F)ccc1[C@@H](CC1CC1)N1CCNCC1. The Morgan fingerprint density at radius 3 is 2.71 bits per heavy atom. The molecule has 0 unspecified atom stereocenters. The number of hydrogen-bond donors (Lipinski definition) is 1. The predicted molar refractivity (Wildman–Crippen MR) is 77.6 cm³/mol. The van der Waals surface area contributed by atoms with Crippen molar-refractivity contribution >= 4 is 5.69 Å². The number of nitrogens with zero attached hydrogens (tertiary/aromatic N) is 2. The molecule has 0 aromatic heterocycles. The lowest BCUT2D eigenvalue weighted by Crippen LogP contribution is -2.45. The van der Waals surface area contributed by atoms with Crippen LogP contribution in [0.3, 0.4) is 0 Å². The molecule has 1 aromatic rings. The van der Waals surface area contributed by atoms with Crippen LogP contribution in [0.4, 0.5) is 10.1 Å². The van der Waals surface area contributed by atoms with Gasteiger partial charge < -0.3 is 5.32 Å². The zero-order chi connectivity index (χ0) is 14.8. The van der Waals surface area contributed by atoms with Crippen LogP contribution < -0.4 is 5.32 Å². The summed E-state index contributed by atoms with van der Waals surface area (Å²) in [6.45, 7) is 3.56. The summed E-state index contributed by atoms with van der Waals surface area (Å²) in [6, 6.07) is 4.02. The van der Waals surface area contributed by atoms with Gasteiger partial charge in [-0.2, -0.15) is 0 Å². The molecule has 0 spiro atoms. The number of halogens is 1. The highest BCUT2D eigenvalue weighted by Crippen LogP contribution is 2.42. The van der Waals surface area contributed by atoms with Gasteiger partial charge >= 0.3 is 0 Å². The standard InChI is InChI=1S/C15H20FN3O2/c16-12-3-4-13(15(10-12)19(20)21)14(9-11-1-2-11)18-7-5-17-6-8-18/h3-4,10-11,14,17H,1-2,5-9H2/t14-/m1/s1. The maximum Gasteiger partial charge on any atom is 0.277 e. The van der Waals surface area contributed by atoms with Gasteiger partial charge in [0, 0.05) is 37.8 Å². The third kappa shape index (κ3) is 3.39. The number of nitrogens with one attached hydrogen (secondary N) is 1. The van der Waals surface area contributed by atoms with Gasteiger partial charge in [0.1, 0.15) is 5.82 Å². The Morgan fingerprint density at radius 2 is 2.10 bits per heavy atom. The molecule has 1 saturated heterocycles. The highest BCUT2D eigenvalue weighted by molar-refractivity contribution is 5.43. The quantitative estimate of drug-likeness (QED) is 0.669. The molecule has 2 fully saturated rings. The van der Waals surface area contributed by atoms with Crippen molar-refractivity contribution in [2.75, 3.05) is 26.2 Å². The van der Waals surface area contributed by atoms with Gasteiger partial charge in [-0.3, -0.25) is 15.0 Å². The van der Waals surface area contributed by atoms with Crippen LogP contribution in [-0.2, 0) is 0 Å². The zero-order valence-electron chi connectivity index (χ0n) is 11.9. The van der Waals surface area contributed by atoms with Gasteiger partial charge in [0.05, 0.1) is 11.0 Å². The molecule has 1 saturated carbocycles. The lowest BCUT2D eigenvalue weighted by molar-refractivity contribution is -0.386. The van der Waals surface area contributed by atoms with Crippen molar-refractivity contribution in [3.8, 4) is 0 Å². The molecule has 21 heavy (non-hydrogen) atoms. The molecule has 1 aromatic carbocycles. The van der Waals surface area contributed by atoms with Gasteiger partial charge in [-0.25, -0.2) is 4.39 Å². The minimum absolute atomic E-state index is 0.0283. The van der Waals surface area contributed by atoms with E-state index < -0.39 is 10.7 Å². The fourth-order valence-corrected chi connectivity index (χ4v) is 3.09. The predicted octanol–water partition coefficient (Wildman–Crippen LogP) is 2.48. The second-order valence-corrected chi connectivity index (χ2v) is 5.94. The van der Waals surface area contributed by atoms with E-state index in [-0.39, 0.29) is 11.7 Å². The van der Waals surface area contributed by atoms with Gasteiger partial charge in [0.15, 0.2) is 0 Å². The lowest BCUT2D eigenvalue weighted by atomic mass is 9.97. The zero-order valence-corrected chi connectivity index (χ0v) is 11.9. The number of nitro groups is 1. The van der Waals surface area contributed by atoms with Gasteiger partial charge in [-0.1, -0.05) is 12.8 Å². The number of benzene rings is 1. The van der Waals surface area contributed by atoms with E-state index in [1.807, 2.05) is 0 Å². The molecule has 3 rings (SSSR count). The highest BCUT2D eigenvalue weighted by Gasteiger charge is 2.34. The maximum absolute atomic E-state index is 13.4. The molecule has 1 heterocycles. The fourth-order valence-electron chi connectivity index (χ4n) is 3.09. The minimum Gasteiger partial charge on any atom is -0.314 e. The van der Waals surface area contributed by atoms with Crippen molar-refractivity contribution in [2.45, 2.75) is 25.3 Å². The fraction of sp³-hybridized carbons (Fsp3) is 0.600. The lowest BCUT2D eigenvalue weighted by Gasteiger charge is -2.35. The van der Waals surface area contributed by atoms with Gasteiger partial charge in [-0.05, 0) is 24.5 Å². The summed E-state index contributed by atoms with van der Waals surface area (Å²) in [4.78, 5) is 13.1. The largest absolute Gasteiger partial charge is 0.314 e. The van der Waals surface area contributed by atoms with E-state index in [0.29, 0.717) is 11.5 Å². The Morgan fingerprint density at radius 1 is 1.38 bits per heavy atom. The first-order valence-electron chi connectivity index (χ1n) is 7.54. The summed E-state index contributed by atoms with van der Waals surface area (Å²) in [5.74, 6) is 0.116. The van der Waals surface area contributed by atoms with Crippen LogP contribution in [0.25, 0.3) is 0 Å². The minimum atomic E-state index is -0.545. The molecule has 0 radical (unpaired) electrons. The first kappa shape index (κ1) is 14.4. The van der Waals surface area contributed by atoms with E-state index in [1.54, 1.807) is 6.07 Å². The molecule has 1 aliphatic heterocycles. The van der Waals surface area contributed by atoms with E-state index in [1.165, 1.54) is 18.9 Å². The Kier molecular flexibility index (Phi) is 4.17. The van der Waals surface area contributed by atoms with Gasteiger partial charge in [0.2, 0.25) is 0 Å². The third-order valence-electron chi connectivity index (χ3n) is 4.39. The summed E-state index contributed by atoms with van der Waals surface area (Å²) in [5.41, 5.74) is 0.578. The van der Waals surface area contributed by atoms with E-state index in [9.17, 15) is 14.5 Å². The third-order valence-corrected chi connectivity index (χ3v) is 4.39. The number of rotatable bonds is 5. The highest BCUT2D eigenvalue weighted by atomic mass is 19.1. The molecule has 6 heteroatoms. The second kappa shape index (κ2) is 6.07. The monoisotopic (exact) mass is 293 g/mol. The smallest absolute Gasteiger partial charge is 0.277 e. The number of nitro benzene ring substituents is 1. The average Bonchev–Trinajstić information content (AvgIpc) is 3.30. The molecule has 0 amide bonds. The maximum atomic E-state index is 13.4. The van der Waals surface area contributed by atoms with Crippen LogP contribution >= 0.6 is 0 Å². The summed E-state index contributed by atoms with van der Waals surface area (Å²) >= 11 is 0. The molecular weight excluding hydrogens is 273 g/mol.